The molecule has 1 aliphatic heterocycles. The second-order valence-corrected chi connectivity index (χ2v) is 6.70. The van der Waals surface area contributed by atoms with Crippen molar-refractivity contribution in [2.45, 2.75) is 12.5 Å². The Labute approximate surface area is 155 Å². The molecule has 1 saturated heterocycles. The van der Waals surface area contributed by atoms with Crippen molar-refractivity contribution in [1.29, 1.82) is 0 Å². The molecule has 3 aromatic rings. The van der Waals surface area contributed by atoms with Crippen LogP contribution in [0, 0.1) is 5.92 Å². The molecular formula is C21H24ClN3. The Morgan fingerprint density at radius 2 is 1.76 bits per heavy atom. The normalized spacial score (nSPS) is 20.5. The third-order valence-electron chi connectivity index (χ3n) is 5.16. The topological polar surface area (TPSA) is 42.1 Å². The zero-order valence-corrected chi connectivity index (χ0v) is 15.0. The second-order valence-electron chi connectivity index (χ2n) is 6.70. The maximum Gasteiger partial charge on any atom is 0.0746 e. The highest BCUT2D eigenvalue weighted by molar-refractivity contribution is 5.85. The Balaban J connectivity index is 0.00000182. The van der Waals surface area contributed by atoms with E-state index in [1.807, 2.05) is 12.3 Å². The van der Waals surface area contributed by atoms with Crippen LogP contribution in [0.3, 0.4) is 0 Å². The van der Waals surface area contributed by atoms with Crippen molar-refractivity contribution in [1.82, 2.24) is 9.88 Å². The maximum absolute atomic E-state index is 6.07. The van der Waals surface area contributed by atoms with Gasteiger partial charge in [-0.2, -0.15) is 0 Å². The van der Waals surface area contributed by atoms with E-state index in [0.717, 1.165) is 31.7 Å². The van der Waals surface area contributed by atoms with E-state index in [1.54, 1.807) is 0 Å². The number of fused-ring (bicyclic) bond motifs is 1. The third-order valence-corrected chi connectivity index (χ3v) is 5.16. The summed E-state index contributed by atoms with van der Waals surface area (Å²) in [6.07, 6.45) is 1.88. The van der Waals surface area contributed by atoms with Crippen LogP contribution in [0.15, 0.2) is 66.9 Å². The number of benzene rings is 2. The molecule has 2 aromatic carbocycles. The van der Waals surface area contributed by atoms with Gasteiger partial charge in [-0.25, -0.2) is 0 Å². The van der Waals surface area contributed by atoms with E-state index in [-0.39, 0.29) is 12.4 Å². The highest BCUT2D eigenvalue weighted by Gasteiger charge is 2.32. The van der Waals surface area contributed by atoms with Gasteiger partial charge in [-0.1, -0.05) is 54.6 Å². The number of halogens is 1. The zero-order chi connectivity index (χ0) is 16.4. The fourth-order valence-electron chi connectivity index (χ4n) is 3.94. The van der Waals surface area contributed by atoms with Crippen molar-refractivity contribution in [3.8, 4) is 0 Å². The minimum atomic E-state index is 0. The van der Waals surface area contributed by atoms with Gasteiger partial charge < -0.3 is 5.73 Å². The molecule has 0 bridgehead atoms. The summed E-state index contributed by atoms with van der Waals surface area (Å²) in [6.45, 7) is 3.80. The molecule has 0 saturated carbocycles. The first-order valence-corrected chi connectivity index (χ1v) is 8.65. The summed E-state index contributed by atoms with van der Waals surface area (Å²) in [6, 6.07) is 21.4. The molecule has 0 spiro atoms. The SMILES string of the molecule is Cl.NC[C@@H]1CN(Cc2cccc3cccnc23)C[C@H]1c1ccccc1. The van der Waals surface area contributed by atoms with E-state index in [2.05, 4.69) is 64.5 Å². The van der Waals surface area contributed by atoms with Crippen molar-refractivity contribution in [2.24, 2.45) is 11.7 Å². The van der Waals surface area contributed by atoms with E-state index in [1.165, 1.54) is 16.5 Å². The average Bonchev–Trinajstić information content (AvgIpc) is 3.06. The van der Waals surface area contributed by atoms with Crippen LogP contribution >= 0.6 is 12.4 Å². The molecule has 2 atom stereocenters. The highest BCUT2D eigenvalue weighted by Crippen LogP contribution is 2.33. The van der Waals surface area contributed by atoms with Crippen LogP contribution in [-0.4, -0.2) is 29.5 Å². The van der Waals surface area contributed by atoms with Crippen LogP contribution in [-0.2, 0) is 6.54 Å². The molecule has 130 valence electrons. The number of para-hydroxylation sites is 1. The standard InChI is InChI=1S/C21H23N3.ClH/c22-12-19-14-24(15-20(19)16-6-2-1-3-7-16)13-18-9-4-8-17-10-5-11-23-21(17)18;/h1-11,19-20H,12-15,22H2;1H/t19-,20+;/m1./s1. The van der Waals surface area contributed by atoms with Crippen LogP contribution in [0.2, 0.25) is 0 Å². The van der Waals surface area contributed by atoms with Crippen molar-refractivity contribution < 1.29 is 0 Å². The predicted molar refractivity (Wildman–Crippen MR) is 106 cm³/mol. The predicted octanol–water partition coefficient (Wildman–Crippen LogP) is 3.83. The molecular weight excluding hydrogens is 330 g/mol. The molecule has 1 fully saturated rings. The van der Waals surface area contributed by atoms with Gasteiger partial charge in [0.25, 0.3) is 0 Å². The molecule has 0 amide bonds. The number of aromatic nitrogens is 1. The Hall–Kier alpha value is -1.94. The number of nitrogens with zero attached hydrogens (tertiary/aromatic N) is 2. The number of hydrogen-bond acceptors (Lipinski definition) is 3. The molecule has 2 heterocycles. The van der Waals surface area contributed by atoms with Gasteiger partial charge in [-0.15, -0.1) is 12.4 Å². The number of pyridine rings is 1. The second kappa shape index (κ2) is 7.96. The van der Waals surface area contributed by atoms with Crippen molar-refractivity contribution >= 4 is 23.3 Å². The summed E-state index contributed by atoms with van der Waals surface area (Å²) < 4.78 is 0. The molecule has 1 aromatic heterocycles. The Bertz CT molecular complexity index is 816. The number of nitrogens with two attached hydrogens (primary N) is 1. The van der Waals surface area contributed by atoms with E-state index in [9.17, 15) is 0 Å². The van der Waals surface area contributed by atoms with E-state index < -0.39 is 0 Å². The summed E-state index contributed by atoms with van der Waals surface area (Å²) >= 11 is 0. The smallest absolute Gasteiger partial charge is 0.0746 e. The van der Waals surface area contributed by atoms with Crippen LogP contribution in [0.1, 0.15) is 17.0 Å². The Kier molecular flexibility index (Phi) is 5.69. The minimum Gasteiger partial charge on any atom is -0.330 e. The lowest BCUT2D eigenvalue weighted by molar-refractivity contribution is 0.318. The van der Waals surface area contributed by atoms with Crippen LogP contribution in [0.4, 0.5) is 0 Å². The van der Waals surface area contributed by atoms with E-state index in [0.29, 0.717) is 11.8 Å². The monoisotopic (exact) mass is 353 g/mol. The molecule has 4 rings (SSSR count). The van der Waals surface area contributed by atoms with Gasteiger partial charge in [-0.05, 0) is 29.7 Å². The third kappa shape index (κ3) is 3.69. The van der Waals surface area contributed by atoms with Gasteiger partial charge in [0.1, 0.15) is 0 Å². The van der Waals surface area contributed by atoms with Crippen molar-refractivity contribution in [3.63, 3.8) is 0 Å². The first-order chi connectivity index (χ1) is 11.8. The molecule has 25 heavy (non-hydrogen) atoms. The summed E-state index contributed by atoms with van der Waals surface area (Å²) in [5.41, 5.74) is 9.90. The molecule has 0 aliphatic carbocycles. The van der Waals surface area contributed by atoms with Gasteiger partial charge >= 0.3 is 0 Å². The summed E-state index contributed by atoms with van der Waals surface area (Å²) in [4.78, 5) is 7.11. The number of likely N-dealkylation sites (tertiary alicyclic amines) is 1. The molecule has 0 radical (unpaired) electrons. The zero-order valence-electron chi connectivity index (χ0n) is 14.2. The molecule has 4 heteroatoms. The van der Waals surface area contributed by atoms with Crippen LogP contribution < -0.4 is 5.73 Å². The Morgan fingerprint density at radius 3 is 2.56 bits per heavy atom. The maximum atomic E-state index is 6.07. The highest BCUT2D eigenvalue weighted by atomic mass is 35.5. The lowest BCUT2D eigenvalue weighted by Crippen LogP contribution is -2.23. The Morgan fingerprint density at radius 1 is 0.960 bits per heavy atom. The van der Waals surface area contributed by atoms with Crippen LogP contribution in [0.25, 0.3) is 10.9 Å². The summed E-state index contributed by atoms with van der Waals surface area (Å²) in [5, 5.41) is 1.21. The number of rotatable bonds is 4. The fraction of sp³-hybridized carbons (Fsp3) is 0.286. The van der Waals surface area contributed by atoms with Crippen LogP contribution in [0.5, 0.6) is 0 Å². The number of hydrogen-bond donors (Lipinski definition) is 1. The first-order valence-electron chi connectivity index (χ1n) is 8.65. The lowest BCUT2D eigenvalue weighted by atomic mass is 9.89. The van der Waals surface area contributed by atoms with Gasteiger partial charge in [0, 0.05) is 37.1 Å². The van der Waals surface area contributed by atoms with Gasteiger partial charge in [0.05, 0.1) is 5.52 Å². The molecule has 1 aliphatic rings. The van der Waals surface area contributed by atoms with Gasteiger partial charge in [0.2, 0.25) is 0 Å². The van der Waals surface area contributed by atoms with Crippen molar-refractivity contribution in [3.05, 3.63) is 78.0 Å². The van der Waals surface area contributed by atoms with Gasteiger partial charge in [0.15, 0.2) is 0 Å². The average molecular weight is 354 g/mol. The summed E-state index contributed by atoms with van der Waals surface area (Å²) in [5.74, 6) is 1.05. The van der Waals surface area contributed by atoms with Gasteiger partial charge in [-0.3, -0.25) is 9.88 Å². The quantitative estimate of drug-likeness (QED) is 0.775. The van der Waals surface area contributed by atoms with E-state index in [4.69, 9.17) is 5.73 Å². The fourth-order valence-corrected chi connectivity index (χ4v) is 3.94. The molecule has 2 N–H and O–H groups in total. The summed E-state index contributed by atoms with van der Waals surface area (Å²) in [7, 11) is 0. The largest absolute Gasteiger partial charge is 0.330 e. The molecule has 3 nitrogen and oxygen atoms in total. The molecule has 0 unspecified atom stereocenters. The minimum absolute atomic E-state index is 0. The lowest BCUT2D eigenvalue weighted by Gasteiger charge is -2.17. The first kappa shape index (κ1) is 17.9. The van der Waals surface area contributed by atoms with E-state index >= 15 is 0 Å². The van der Waals surface area contributed by atoms with Crippen molar-refractivity contribution in [2.75, 3.05) is 19.6 Å².